The van der Waals surface area contributed by atoms with Gasteiger partial charge < -0.3 is 19.7 Å². The van der Waals surface area contributed by atoms with Crippen LogP contribution in [0.4, 0.5) is 13.2 Å². The fourth-order valence-electron chi connectivity index (χ4n) is 2.48. The zero-order chi connectivity index (χ0) is 21.7. The molecule has 0 aliphatic heterocycles. The number of nitrogens with one attached hydrogen (secondary N) is 1. The van der Waals surface area contributed by atoms with E-state index < -0.39 is 25.2 Å². The van der Waals surface area contributed by atoms with Crippen molar-refractivity contribution in [3.8, 4) is 17.1 Å². The number of carbonyl (C=O) groups excluding carboxylic acids is 1. The van der Waals surface area contributed by atoms with E-state index in [0.29, 0.717) is 21.8 Å². The molecule has 0 atom stereocenters. The summed E-state index contributed by atoms with van der Waals surface area (Å²) in [6, 6.07) is 9.46. The Morgan fingerprint density at radius 2 is 1.93 bits per heavy atom. The lowest BCUT2D eigenvalue weighted by atomic mass is 10.1. The summed E-state index contributed by atoms with van der Waals surface area (Å²) in [6.45, 7) is -1.88. The Kier molecular flexibility index (Phi) is 6.58. The Bertz CT molecular complexity index is 1010. The van der Waals surface area contributed by atoms with Crippen molar-refractivity contribution in [3.05, 3.63) is 64.5 Å². The number of aromatic nitrogens is 2. The van der Waals surface area contributed by atoms with Crippen molar-refractivity contribution in [2.45, 2.75) is 19.4 Å². The summed E-state index contributed by atoms with van der Waals surface area (Å²) in [5, 5.41) is 15.7. The highest BCUT2D eigenvalue weighted by atomic mass is 35.5. The molecule has 0 aliphatic carbocycles. The van der Waals surface area contributed by atoms with Gasteiger partial charge in [-0.2, -0.15) is 13.2 Å². The quantitative estimate of drug-likeness (QED) is 0.579. The third-order valence-corrected chi connectivity index (χ3v) is 4.20. The molecule has 0 saturated heterocycles. The van der Waals surface area contributed by atoms with E-state index in [4.69, 9.17) is 20.9 Å². The number of aliphatic hydroxyl groups excluding tert-OH is 1. The number of carbonyl (C=O) groups is 1. The lowest BCUT2D eigenvalue weighted by molar-refractivity contribution is -0.123. The minimum atomic E-state index is -4.50. The molecule has 11 heteroatoms. The number of nitrogens with zero attached hydrogens (tertiary/aromatic N) is 2. The van der Waals surface area contributed by atoms with E-state index >= 15 is 0 Å². The molecule has 2 N–H and O–H groups in total. The molecule has 0 spiro atoms. The molecule has 1 aromatic carbocycles. The smallest absolute Gasteiger partial charge is 0.405 e. The SMILES string of the molecule is O=C(NCC(F)(F)F)c1ccc(OCc2c(-c3ccc(Cl)cc3)noc2CO)nc1. The molecule has 0 aliphatic rings. The van der Waals surface area contributed by atoms with Gasteiger partial charge in [0.15, 0.2) is 5.76 Å². The van der Waals surface area contributed by atoms with Crippen molar-refractivity contribution in [3.63, 3.8) is 0 Å². The average molecular weight is 442 g/mol. The summed E-state index contributed by atoms with van der Waals surface area (Å²) in [6.07, 6.45) is -3.40. The van der Waals surface area contributed by atoms with Crippen LogP contribution in [0.1, 0.15) is 21.7 Å². The fraction of sp³-hybridized carbons (Fsp3) is 0.211. The molecule has 158 valence electrons. The molecule has 3 rings (SSSR count). The van der Waals surface area contributed by atoms with Gasteiger partial charge in [0.25, 0.3) is 5.91 Å². The molecule has 0 fully saturated rings. The maximum Gasteiger partial charge on any atom is 0.405 e. The van der Waals surface area contributed by atoms with E-state index in [1.807, 2.05) is 0 Å². The number of aliphatic hydroxyl groups is 1. The maximum atomic E-state index is 12.2. The molecule has 1 amide bonds. The Morgan fingerprint density at radius 3 is 2.53 bits per heavy atom. The van der Waals surface area contributed by atoms with Crippen molar-refractivity contribution in [2.24, 2.45) is 0 Å². The van der Waals surface area contributed by atoms with Crippen LogP contribution in [0.2, 0.25) is 5.02 Å². The Labute approximate surface area is 173 Å². The van der Waals surface area contributed by atoms with Crippen molar-refractivity contribution >= 4 is 17.5 Å². The predicted molar refractivity (Wildman–Crippen MR) is 99.8 cm³/mol. The highest BCUT2D eigenvalue weighted by molar-refractivity contribution is 6.30. The van der Waals surface area contributed by atoms with Crippen LogP contribution >= 0.6 is 11.6 Å². The van der Waals surface area contributed by atoms with E-state index in [0.717, 1.165) is 6.20 Å². The van der Waals surface area contributed by atoms with Crippen LogP contribution in [0.3, 0.4) is 0 Å². The number of hydrogen-bond acceptors (Lipinski definition) is 6. The number of pyridine rings is 1. The Morgan fingerprint density at radius 1 is 1.20 bits per heavy atom. The summed E-state index contributed by atoms with van der Waals surface area (Å²) in [7, 11) is 0. The van der Waals surface area contributed by atoms with Crippen LogP contribution in [0.5, 0.6) is 5.88 Å². The largest absolute Gasteiger partial charge is 0.473 e. The first kappa shape index (κ1) is 21.6. The lowest BCUT2D eigenvalue weighted by Crippen LogP contribution is -2.33. The number of ether oxygens (including phenoxy) is 1. The van der Waals surface area contributed by atoms with E-state index in [2.05, 4.69) is 10.1 Å². The van der Waals surface area contributed by atoms with Crippen LogP contribution < -0.4 is 10.1 Å². The van der Waals surface area contributed by atoms with Gasteiger partial charge in [0.1, 0.15) is 25.5 Å². The molecule has 2 aromatic heterocycles. The van der Waals surface area contributed by atoms with Gasteiger partial charge in [0, 0.05) is 22.8 Å². The molecule has 0 unspecified atom stereocenters. The van der Waals surface area contributed by atoms with Crippen molar-refractivity contribution in [1.82, 2.24) is 15.5 Å². The number of benzene rings is 1. The van der Waals surface area contributed by atoms with E-state index in [-0.39, 0.29) is 23.8 Å². The molecular weight excluding hydrogens is 427 g/mol. The summed E-state index contributed by atoms with van der Waals surface area (Å²) < 4.78 is 47.3. The van der Waals surface area contributed by atoms with Gasteiger partial charge in [0.2, 0.25) is 5.88 Å². The molecule has 7 nitrogen and oxygen atoms in total. The Balaban J connectivity index is 1.69. The summed E-state index contributed by atoms with van der Waals surface area (Å²) in [5.74, 6) is -0.574. The average Bonchev–Trinajstić information content (AvgIpc) is 3.14. The zero-order valence-corrected chi connectivity index (χ0v) is 16.0. The third kappa shape index (κ3) is 5.49. The van der Waals surface area contributed by atoms with Gasteiger partial charge in [-0.3, -0.25) is 4.79 Å². The van der Waals surface area contributed by atoms with Gasteiger partial charge in [-0.15, -0.1) is 0 Å². The molecule has 0 saturated carbocycles. The first-order valence-electron chi connectivity index (χ1n) is 8.55. The fourth-order valence-corrected chi connectivity index (χ4v) is 2.61. The molecular formula is C19H15ClF3N3O4. The highest BCUT2D eigenvalue weighted by Crippen LogP contribution is 2.28. The van der Waals surface area contributed by atoms with Gasteiger partial charge >= 0.3 is 6.18 Å². The van der Waals surface area contributed by atoms with Gasteiger partial charge in [-0.1, -0.05) is 28.9 Å². The molecule has 3 aromatic rings. The van der Waals surface area contributed by atoms with Gasteiger partial charge in [-0.25, -0.2) is 4.98 Å². The first-order valence-corrected chi connectivity index (χ1v) is 8.92. The monoisotopic (exact) mass is 441 g/mol. The third-order valence-electron chi connectivity index (χ3n) is 3.94. The highest BCUT2D eigenvalue weighted by Gasteiger charge is 2.28. The second-order valence-corrected chi connectivity index (χ2v) is 6.51. The first-order chi connectivity index (χ1) is 14.3. The molecule has 2 heterocycles. The number of amides is 1. The van der Waals surface area contributed by atoms with Crippen LogP contribution in [0.15, 0.2) is 47.1 Å². The predicted octanol–water partition coefficient (Wildman–Crippen LogP) is 3.75. The van der Waals surface area contributed by atoms with Gasteiger partial charge in [-0.05, 0) is 18.2 Å². The summed E-state index contributed by atoms with van der Waals surface area (Å²) in [5.41, 5.74) is 1.60. The summed E-state index contributed by atoms with van der Waals surface area (Å²) in [4.78, 5) is 15.6. The van der Waals surface area contributed by atoms with E-state index in [1.165, 1.54) is 12.1 Å². The van der Waals surface area contributed by atoms with Crippen LogP contribution in [0, 0.1) is 0 Å². The second kappa shape index (κ2) is 9.14. The number of alkyl halides is 3. The lowest BCUT2D eigenvalue weighted by Gasteiger charge is -2.09. The maximum absolute atomic E-state index is 12.2. The second-order valence-electron chi connectivity index (χ2n) is 6.07. The summed E-state index contributed by atoms with van der Waals surface area (Å²) >= 11 is 5.89. The normalized spacial score (nSPS) is 11.4. The number of rotatable bonds is 7. The molecule has 30 heavy (non-hydrogen) atoms. The number of hydrogen-bond donors (Lipinski definition) is 2. The van der Waals surface area contributed by atoms with Crippen molar-refractivity contribution < 1.29 is 32.3 Å². The van der Waals surface area contributed by atoms with Crippen molar-refractivity contribution in [1.29, 1.82) is 0 Å². The van der Waals surface area contributed by atoms with Crippen LogP contribution in [-0.4, -0.2) is 33.9 Å². The van der Waals surface area contributed by atoms with Gasteiger partial charge in [0.05, 0.1) is 11.1 Å². The van der Waals surface area contributed by atoms with E-state index in [1.54, 1.807) is 29.6 Å². The van der Waals surface area contributed by atoms with Crippen molar-refractivity contribution in [2.75, 3.05) is 6.54 Å². The van der Waals surface area contributed by atoms with Crippen LogP contribution in [0.25, 0.3) is 11.3 Å². The van der Waals surface area contributed by atoms with E-state index in [9.17, 15) is 23.1 Å². The zero-order valence-electron chi connectivity index (χ0n) is 15.2. The topological polar surface area (TPSA) is 97.5 Å². The number of halogens is 4. The van der Waals surface area contributed by atoms with Crippen LogP contribution in [-0.2, 0) is 13.2 Å². The minimum Gasteiger partial charge on any atom is -0.473 e. The minimum absolute atomic E-state index is 0.0468. The molecule has 0 radical (unpaired) electrons. The molecule has 0 bridgehead atoms. The standard InChI is InChI=1S/C19H15ClF3N3O4/c20-13-4-1-11(2-5-13)17-14(15(8-27)30-26-17)9-29-16-6-3-12(7-24-16)18(28)25-10-19(21,22)23/h1-7,27H,8-10H2,(H,25,28). The Hall–Kier alpha value is -3.11.